The maximum atomic E-state index is 5.71. The molecule has 1 aromatic heterocycles. The summed E-state index contributed by atoms with van der Waals surface area (Å²) in [7, 11) is 4.05. The van der Waals surface area contributed by atoms with Crippen LogP contribution in [0.4, 0.5) is 11.8 Å². The van der Waals surface area contributed by atoms with Crippen LogP contribution in [0, 0.1) is 0 Å². The van der Waals surface area contributed by atoms with Gasteiger partial charge in [-0.15, -0.1) is 0 Å². The number of fused-ring (bicyclic) bond motifs is 1. The molecule has 7 heteroatoms. The van der Waals surface area contributed by atoms with Gasteiger partial charge >= 0.3 is 0 Å². The first-order valence-electron chi connectivity index (χ1n) is 12.4. The second-order valence-corrected chi connectivity index (χ2v) is 9.03. The molecule has 2 aromatic carbocycles. The van der Waals surface area contributed by atoms with E-state index >= 15 is 0 Å². The van der Waals surface area contributed by atoms with Crippen molar-refractivity contribution < 1.29 is 9.47 Å². The molecule has 1 fully saturated rings. The predicted octanol–water partition coefficient (Wildman–Crippen LogP) is 5.01. The van der Waals surface area contributed by atoms with Gasteiger partial charge in [-0.05, 0) is 69.4 Å². The second-order valence-electron chi connectivity index (χ2n) is 9.03. The van der Waals surface area contributed by atoms with E-state index in [4.69, 9.17) is 19.4 Å². The zero-order chi connectivity index (χ0) is 23.9. The molecule has 1 saturated carbocycles. The van der Waals surface area contributed by atoms with E-state index in [0.29, 0.717) is 25.3 Å². The topological polar surface area (TPSA) is 71.5 Å². The third kappa shape index (κ3) is 6.08. The average molecular weight is 464 g/mol. The van der Waals surface area contributed by atoms with Gasteiger partial charge in [0.05, 0.1) is 18.7 Å². The maximum absolute atomic E-state index is 5.71. The molecule has 7 nitrogen and oxygen atoms in total. The molecular weight excluding hydrogens is 426 g/mol. The summed E-state index contributed by atoms with van der Waals surface area (Å²) in [5.74, 6) is 3.40. The van der Waals surface area contributed by atoms with E-state index < -0.39 is 0 Å². The van der Waals surface area contributed by atoms with Gasteiger partial charge in [0.25, 0.3) is 0 Å². The van der Waals surface area contributed by atoms with Crippen molar-refractivity contribution in [2.24, 2.45) is 0 Å². The van der Waals surface area contributed by atoms with Crippen molar-refractivity contribution in [2.75, 3.05) is 37.5 Å². The van der Waals surface area contributed by atoms with Gasteiger partial charge < -0.3 is 25.0 Å². The van der Waals surface area contributed by atoms with Gasteiger partial charge in [0.1, 0.15) is 17.3 Å². The summed E-state index contributed by atoms with van der Waals surface area (Å²) < 4.78 is 11.4. The van der Waals surface area contributed by atoms with Crippen LogP contribution >= 0.6 is 0 Å². The van der Waals surface area contributed by atoms with E-state index in [2.05, 4.69) is 28.8 Å². The van der Waals surface area contributed by atoms with Crippen LogP contribution in [0.1, 0.15) is 45.1 Å². The number of aromatic nitrogens is 2. The first-order chi connectivity index (χ1) is 16.6. The molecule has 0 saturated heterocycles. The van der Waals surface area contributed by atoms with E-state index in [1.165, 1.54) is 5.56 Å². The smallest absolute Gasteiger partial charge is 0.225 e. The maximum Gasteiger partial charge on any atom is 0.225 e. The molecule has 2 N–H and O–H groups in total. The normalized spacial score (nSPS) is 18.0. The Kier molecular flexibility index (Phi) is 8.06. The molecular formula is C27H37N5O2. The summed E-state index contributed by atoms with van der Waals surface area (Å²) in [4.78, 5) is 11.6. The van der Waals surface area contributed by atoms with Crippen LogP contribution in [0.25, 0.3) is 10.9 Å². The lowest BCUT2D eigenvalue weighted by Crippen LogP contribution is -2.37. The predicted molar refractivity (Wildman–Crippen MR) is 139 cm³/mol. The molecule has 1 aliphatic rings. The molecule has 3 aromatic rings. The van der Waals surface area contributed by atoms with Crippen molar-refractivity contribution >= 4 is 22.7 Å². The van der Waals surface area contributed by atoms with Crippen molar-refractivity contribution in [3.8, 4) is 11.5 Å². The number of ether oxygens (including phenoxy) is 2. The summed E-state index contributed by atoms with van der Waals surface area (Å²) in [6.45, 7) is 6.11. The van der Waals surface area contributed by atoms with Gasteiger partial charge in [-0.1, -0.05) is 12.1 Å². The lowest BCUT2D eigenvalue weighted by atomic mass is 9.91. The molecule has 34 heavy (non-hydrogen) atoms. The SMILES string of the molecule is CCOc1cc(CNC2CCC(Nc3nc(N(C)C)c4ccccc4n3)CC2)cc(OCC)c1. The monoisotopic (exact) mass is 463 g/mol. The Morgan fingerprint density at radius 1 is 0.882 bits per heavy atom. The summed E-state index contributed by atoms with van der Waals surface area (Å²) in [6.07, 6.45) is 4.42. The Hall–Kier alpha value is -3.06. The first kappa shape index (κ1) is 24.1. The van der Waals surface area contributed by atoms with E-state index in [0.717, 1.165) is 66.4 Å². The lowest BCUT2D eigenvalue weighted by Gasteiger charge is -2.30. The number of nitrogens with one attached hydrogen (secondary N) is 2. The number of para-hydroxylation sites is 1. The number of hydrogen-bond donors (Lipinski definition) is 2. The minimum Gasteiger partial charge on any atom is -0.494 e. The molecule has 0 atom stereocenters. The Morgan fingerprint density at radius 2 is 1.53 bits per heavy atom. The van der Waals surface area contributed by atoms with Crippen LogP contribution in [0.2, 0.25) is 0 Å². The molecule has 0 bridgehead atoms. The molecule has 0 aliphatic heterocycles. The van der Waals surface area contributed by atoms with Gasteiger partial charge in [-0.3, -0.25) is 0 Å². The van der Waals surface area contributed by atoms with E-state index in [9.17, 15) is 0 Å². The number of hydrogen-bond acceptors (Lipinski definition) is 7. The fraction of sp³-hybridized carbons (Fsp3) is 0.481. The van der Waals surface area contributed by atoms with Gasteiger partial charge in [0.15, 0.2) is 0 Å². The highest BCUT2D eigenvalue weighted by Gasteiger charge is 2.22. The standard InChI is InChI=1S/C27H37N5O2/c1-5-33-22-15-19(16-23(17-22)34-6-2)18-28-20-11-13-21(14-12-20)29-27-30-25-10-8-7-9-24(25)26(31-27)32(3)4/h7-10,15-17,20-21,28H,5-6,11-14,18H2,1-4H3,(H,29,30,31). The lowest BCUT2D eigenvalue weighted by molar-refractivity contribution is 0.321. The fourth-order valence-corrected chi connectivity index (χ4v) is 4.58. The fourth-order valence-electron chi connectivity index (χ4n) is 4.58. The third-order valence-corrected chi connectivity index (χ3v) is 6.22. The molecule has 0 amide bonds. The van der Waals surface area contributed by atoms with Crippen molar-refractivity contribution in [2.45, 2.75) is 58.2 Å². The van der Waals surface area contributed by atoms with Gasteiger partial charge in [-0.25, -0.2) is 4.98 Å². The van der Waals surface area contributed by atoms with Crippen LogP contribution in [-0.2, 0) is 6.54 Å². The van der Waals surface area contributed by atoms with Crippen LogP contribution < -0.4 is 25.0 Å². The van der Waals surface area contributed by atoms with E-state index in [1.807, 2.05) is 57.1 Å². The number of rotatable bonds is 10. The molecule has 182 valence electrons. The summed E-state index contributed by atoms with van der Waals surface area (Å²) in [5.41, 5.74) is 2.16. The van der Waals surface area contributed by atoms with Crippen molar-refractivity contribution in [3.63, 3.8) is 0 Å². The third-order valence-electron chi connectivity index (χ3n) is 6.22. The summed E-state index contributed by atoms with van der Waals surface area (Å²) >= 11 is 0. The Bertz CT molecular complexity index is 1060. The minimum atomic E-state index is 0.389. The number of nitrogens with zero attached hydrogens (tertiary/aromatic N) is 3. The molecule has 1 aliphatic carbocycles. The molecule has 1 heterocycles. The Balaban J connectivity index is 1.33. The van der Waals surface area contributed by atoms with E-state index in [1.54, 1.807) is 0 Å². The van der Waals surface area contributed by atoms with Crippen LogP contribution in [0.15, 0.2) is 42.5 Å². The van der Waals surface area contributed by atoms with Crippen LogP contribution in [0.5, 0.6) is 11.5 Å². The van der Waals surface area contributed by atoms with Crippen LogP contribution in [-0.4, -0.2) is 49.4 Å². The van der Waals surface area contributed by atoms with Crippen molar-refractivity contribution in [3.05, 3.63) is 48.0 Å². The molecule has 0 radical (unpaired) electrons. The zero-order valence-corrected chi connectivity index (χ0v) is 20.8. The highest BCUT2D eigenvalue weighted by Crippen LogP contribution is 2.27. The molecule has 4 rings (SSSR count). The van der Waals surface area contributed by atoms with Gasteiger partial charge in [0.2, 0.25) is 5.95 Å². The summed E-state index contributed by atoms with van der Waals surface area (Å²) in [6, 6.07) is 15.2. The number of anilines is 2. The highest BCUT2D eigenvalue weighted by atomic mass is 16.5. The average Bonchev–Trinajstić information content (AvgIpc) is 2.83. The van der Waals surface area contributed by atoms with Gasteiger partial charge in [-0.2, -0.15) is 4.98 Å². The molecule has 0 unspecified atom stereocenters. The van der Waals surface area contributed by atoms with Gasteiger partial charge in [0, 0.05) is 44.2 Å². The molecule has 0 spiro atoms. The quantitative estimate of drug-likeness (QED) is 0.438. The minimum absolute atomic E-state index is 0.389. The Labute approximate surface area is 202 Å². The largest absolute Gasteiger partial charge is 0.494 e. The first-order valence-corrected chi connectivity index (χ1v) is 12.4. The van der Waals surface area contributed by atoms with Crippen molar-refractivity contribution in [1.82, 2.24) is 15.3 Å². The van der Waals surface area contributed by atoms with Crippen LogP contribution in [0.3, 0.4) is 0 Å². The van der Waals surface area contributed by atoms with E-state index in [-0.39, 0.29) is 0 Å². The summed E-state index contributed by atoms with van der Waals surface area (Å²) in [5, 5.41) is 8.40. The Morgan fingerprint density at radius 3 is 2.18 bits per heavy atom. The zero-order valence-electron chi connectivity index (χ0n) is 20.8. The number of benzene rings is 2. The van der Waals surface area contributed by atoms with Crippen molar-refractivity contribution in [1.29, 1.82) is 0 Å². The highest BCUT2D eigenvalue weighted by molar-refractivity contribution is 5.90. The second kappa shape index (κ2) is 11.4.